The lowest BCUT2D eigenvalue weighted by molar-refractivity contribution is -0.121. The zero-order valence-corrected chi connectivity index (χ0v) is 14.4. The molecule has 1 amide bonds. The maximum Gasteiger partial charge on any atom is 0.231 e. The Labute approximate surface area is 147 Å². The second-order valence-electron chi connectivity index (χ2n) is 6.06. The number of hydrogen-bond donors (Lipinski definition) is 1. The molecule has 3 rings (SSSR count). The van der Waals surface area contributed by atoms with Gasteiger partial charge in [-0.1, -0.05) is 18.2 Å². The van der Waals surface area contributed by atoms with E-state index < -0.39 is 0 Å². The molecule has 5 nitrogen and oxygen atoms in total. The molecule has 0 unspecified atom stereocenters. The number of carbonyl (C=O) groups is 1. The Morgan fingerprint density at radius 1 is 1.16 bits per heavy atom. The summed E-state index contributed by atoms with van der Waals surface area (Å²) in [6, 6.07) is 13.8. The summed E-state index contributed by atoms with van der Waals surface area (Å²) in [5, 5.41) is 2.94. The number of benzene rings is 2. The van der Waals surface area contributed by atoms with Crippen molar-refractivity contribution in [3.05, 3.63) is 53.6 Å². The number of rotatable bonds is 8. The summed E-state index contributed by atoms with van der Waals surface area (Å²) in [6.45, 7) is 3.46. The van der Waals surface area contributed by atoms with Crippen LogP contribution in [0.25, 0.3) is 0 Å². The van der Waals surface area contributed by atoms with Gasteiger partial charge in [-0.25, -0.2) is 0 Å². The van der Waals surface area contributed by atoms with Gasteiger partial charge in [-0.15, -0.1) is 0 Å². The topological polar surface area (TPSA) is 56.8 Å². The maximum absolute atomic E-state index is 11.9. The van der Waals surface area contributed by atoms with Crippen molar-refractivity contribution in [1.82, 2.24) is 5.32 Å². The first-order valence-electron chi connectivity index (χ1n) is 8.55. The Hall–Kier alpha value is -2.69. The lowest BCUT2D eigenvalue weighted by atomic mass is 10.1. The zero-order valence-electron chi connectivity index (χ0n) is 14.4. The molecule has 0 aliphatic carbocycles. The molecule has 0 fully saturated rings. The van der Waals surface area contributed by atoms with Crippen molar-refractivity contribution in [1.29, 1.82) is 0 Å². The third kappa shape index (κ3) is 5.14. The Bertz CT molecular complexity index is 729. The number of amides is 1. The zero-order chi connectivity index (χ0) is 17.5. The van der Waals surface area contributed by atoms with E-state index in [9.17, 15) is 4.79 Å². The Kier molecular flexibility index (Phi) is 5.77. The first-order valence-corrected chi connectivity index (χ1v) is 8.55. The molecule has 132 valence electrons. The van der Waals surface area contributed by atoms with Crippen molar-refractivity contribution in [3.63, 3.8) is 0 Å². The molecule has 2 aromatic rings. The van der Waals surface area contributed by atoms with Gasteiger partial charge in [0.25, 0.3) is 0 Å². The minimum Gasteiger partial charge on any atom is -0.494 e. The van der Waals surface area contributed by atoms with Gasteiger partial charge < -0.3 is 19.5 Å². The Morgan fingerprint density at radius 3 is 2.92 bits per heavy atom. The molecule has 0 spiro atoms. The van der Waals surface area contributed by atoms with Crippen molar-refractivity contribution in [2.45, 2.75) is 26.2 Å². The van der Waals surface area contributed by atoms with Crippen molar-refractivity contribution in [3.8, 4) is 17.2 Å². The highest BCUT2D eigenvalue weighted by atomic mass is 16.7. The molecule has 2 aromatic carbocycles. The highest BCUT2D eigenvalue weighted by molar-refractivity contribution is 5.75. The third-order valence-electron chi connectivity index (χ3n) is 3.98. The van der Waals surface area contributed by atoms with Crippen molar-refractivity contribution >= 4 is 5.91 Å². The lowest BCUT2D eigenvalue weighted by Crippen LogP contribution is -2.25. The van der Waals surface area contributed by atoms with E-state index in [0.717, 1.165) is 29.2 Å². The summed E-state index contributed by atoms with van der Waals surface area (Å²) in [6.07, 6.45) is 1.93. The predicted molar refractivity (Wildman–Crippen MR) is 95.2 cm³/mol. The summed E-state index contributed by atoms with van der Waals surface area (Å²) in [4.78, 5) is 11.9. The molecule has 1 aliphatic rings. The van der Waals surface area contributed by atoms with Crippen LogP contribution >= 0.6 is 0 Å². The third-order valence-corrected chi connectivity index (χ3v) is 3.98. The monoisotopic (exact) mass is 341 g/mol. The van der Waals surface area contributed by atoms with Crippen LogP contribution in [0.1, 0.15) is 24.0 Å². The second-order valence-corrected chi connectivity index (χ2v) is 6.06. The van der Waals surface area contributed by atoms with E-state index in [4.69, 9.17) is 14.2 Å². The number of carbonyl (C=O) groups excluding carboxylic acids is 1. The van der Waals surface area contributed by atoms with Crippen LogP contribution in [-0.2, 0) is 11.2 Å². The Balaban J connectivity index is 1.30. The molecule has 25 heavy (non-hydrogen) atoms. The molecule has 0 radical (unpaired) electrons. The van der Waals surface area contributed by atoms with Gasteiger partial charge in [0.15, 0.2) is 11.5 Å². The van der Waals surface area contributed by atoms with E-state index >= 15 is 0 Å². The molecule has 0 atom stereocenters. The smallest absolute Gasteiger partial charge is 0.231 e. The van der Waals surface area contributed by atoms with E-state index in [0.29, 0.717) is 26.0 Å². The van der Waals surface area contributed by atoms with Gasteiger partial charge in [-0.2, -0.15) is 0 Å². The average molecular weight is 341 g/mol. The number of hydrogen-bond acceptors (Lipinski definition) is 4. The van der Waals surface area contributed by atoms with Crippen LogP contribution < -0.4 is 19.5 Å². The van der Waals surface area contributed by atoms with E-state index in [-0.39, 0.29) is 12.7 Å². The molecular formula is C20H23NO4. The quantitative estimate of drug-likeness (QED) is 0.749. The average Bonchev–Trinajstić information content (AvgIpc) is 3.07. The first-order chi connectivity index (χ1) is 12.2. The number of ether oxygens (including phenoxy) is 3. The van der Waals surface area contributed by atoms with Gasteiger partial charge in [0.05, 0.1) is 6.61 Å². The van der Waals surface area contributed by atoms with Gasteiger partial charge in [-0.3, -0.25) is 4.79 Å². The van der Waals surface area contributed by atoms with Gasteiger partial charge in [-0.05, 0) is 55.2 Å². The van der Waals surface area contributed by atoms with E-state index in [1.54, 1.807) is 0 Å². The Morgan fingerprint density at radius 2 is 2.04 bits per heavy atom. The fraction of sp³-hybridized carbons (Fsp3) is 0.350. The first kappa shape index (κ1) is 17.1. The lowest BCUT2D eigenvalue weighted by Gasteiger charge is -2.08. The molecule has 0 bridgehead atoms. The molecule has 1 N–H and O–H groups in total. The standard InChI is InChI=1S/C20H23NO4/c1-15-4-2-5-17(12-15)23-11-3-6-20(22)21-10-9-16-7-8-18-19(13-16)25-14-24-18/h2,4-5,7-8,12-13H,3,6,9-11,14H2,1H3,(H,21,22). The van der Waals surface area contributed by atoms with Crippen LogP contribution in [0.15, 0.2) is 42.5 Å². The van der Waals surface area contributed by atoms with Crippen molar-refractivity contribution < 1.29 is 19.0 Å². The van der Waals surface area contributed by atoms with Crippen LogP contribution in [0, 0.1) is 6.92 Å². The number of nitrogens with one attached hydrogen (secondary N) is 1. The van der Waals surface area contributed by atoms with Gasteiger partial charge in [0.1, 0.15) is 5.75 Å². The SMILES string of the molecule is Cc1cccc(OCCCC(=O)NCCc2ccc3c(c2)OCO3)c1. The van der Waals surface area contributed by atoms with Crippen LogP contribution in [0.4, 0.5) is 0 Å². The van der Waals surface area contributed by atoms with Crippen LogP contribution in [0.2, 0.25) is 0 Å². The highest BCUT2D eigenvalue weighted by Crippen LogP contribution is 2.32. The van der Waals surface area contributed by atoms with Crippen LogP contribution in [0.3, 0.4) is 0 Å². The molecule has 0 saturated carbocycles. The summed E-state index contributed by atoms with van der Waals surface area (Å²) < 4.78 is 16.3. The highest BCUT2D eigenvalue weighted by Gasteiger charge is 2.13. The van der Waals surface area contributed by atoms with E-state index in [1.807, 2.05) is 49.4 Å². The fourth-order valence-corrected chi connectivity index (χ4v) is 2.66. The van der Waals surface area contributed by atoms with Crippen LogP contribution in [-0.4, -0.2) is 25.9 Å². The number of aryl methyl sites for hydroxylation is 1. The predicted octanol–water partition coefficient (Wildman–Crippen LogP) is 3.24. The summed E-state index contributed by atoms with van der Waals surface area (Å²) in [5.41, 5.74) is 2.28. The maximum atomic E-state index is 11.9. The minimum atomic E-state index is 0.0496. The summed E-state index contributed by atoms with van der Waals surface area (Å²) in [5.74, 6) is 2.45. The van der Waals surface area contributed by atoms with Gasteiger partial charge in [0, 0.05) is 13.0 Å². The van der Waals surface area contributed by atoms with E-state index in [1.165, 1.54) is 5.56 Å². The van der Waals surface area contributed by atoms with E-state index in [2.05, 4.69) is 5.32 Å². The molecule has 1 heterocycles. The minimum absolute atomic E-state index is 0.0496. The molecule has 1 aliphatic heterocycles. The summed E-state index contributed by atoms with van der Waals surface area (Å²) in [7, 11) is 0. The normalized spacial score (nSPS) is 12.0. The fourth-order valence-electron chi connectivity index (χ4n) is 2.66. The van der Waals surface area contributed by atoms with Crippen LogP contribution in [0.5, 0.6) is 17.2 Å². The number of fused-ring (bicyclic) bond motifs is 1. The second kappa shape index (κ2) is 8.42. The van der Waals surface area contributed by atoms with Crippen molar-refractivity contribution in [2.75, 3.05) is 19.9 Å². The molecule has 0 aromatic heterocycles. The summed E-state index contributed by atoms with van der Waals surface area (Å²) >= 11 is 0. The van der Waals surface area contributed by atoms with Gasteiger partial charge >= 0.3 is 0 Å². The molecule has 0 saturated heterocycles. The molecular weight excluding hydrogens is 318 g/mol. The molecule has 5 heteroatoms. The van der Waals surface area contributed by atoms with Crippen molar-refractivity contribution in [2.24, 2.45) is 0 Å². The van der Waals surface area contributed by atoms with Gasteiger partial charge in [0.2, 0.25) is 12.7 Å². The largest absolute Gasteiger partial charge is 0.494 e.